The molecule has 3 heteroatoms. The second kappa shape index (κ2) is 3.70. The molecule has 0 aromatic rings. The van der Waals surface area contributed by atoms with E-state index in [-0.39, 0.29) is 18.1 Å². The molecule has 1 fully saturated rings. The predicted molar refractivity (Wildman–Crippen MR) is 42.7 cm³/mol. The summed E-state index contributed by atoms with van der Waals surface area (Å²) in [5.74, 6) is 0.240. The van der Waals surface area contributed by atoms with Crippen molar-refractivity contribution in [3.8, 4) is 6.57 Å². The van der Waals surface area contributed by atoms with E-state index in [0.29, 0.717) is 19.6 Å². The third kappa shape index (κ3) is 2.18. The highest BCUT2D eigenvalue weighted by molar-refractivity contribution is 4.82. The van der Waals surface area contributed by atoms with Crippen LogP contribution in [0.2, 0.25) is 0 Å². The Morgan fingerprint density at radius 1 is 1.73 bits per heavy atom. The number of nitrogens with zero attached hydrogens (tertiary/aromatic N) is 1. The van der Waals surface area contributed by atoms with Crippen molar-refractivity contribution in [3.05, 3.63) is 4.85 Å². The van der Waals surface area contributed by atoms with Crippen molar-refractivity contribution >= 4 is 0 Å². The molecule has 0 amide bonds. The van der Waals surface area contributed by atoms with E-state index in [0.717, 1.165) is 0 Å². The van der Waals surface area contributed by atoms with Gasteiger partial charge in [-0.1, -0.05) is 11.8 Å². The molecule has 3 atom stereocenters. The molecule has 0 saturated carbocycles. The topological polar surface area (TPSA) is 33.8 Å². The summed E-state index contributed by atoms with van der Waals surface area (Å²) in [5.41, 5.74) is 0. The van der Waals surface area contributed by atoms with Gasteiger partial charge in [0.1, 0.15) is 6.10 Å². The van der Waals surface area contributed by atoms with Crippen molar-refractivity contribution < 1.29 is 9.84 Å². The molecule has 3 unspecified atom stereocenters. The Bertz CT molecular complexity index is 164. The lowest BCUT2D eigenvalue weighted by Gasteiger charge is -2.28. The maximum atomic E-state index is 9.41. The third-order valence-corrected chi connectivity index (χ3v) is 2.07. The second-order valence-electron chi connectivity index (χ2n) is 3.10. The van der Waals surface area contributed by atoms with Crippen molar-refractivity contribution in [2.45, 2.75) is 25.6 Å². The highest BCUT2D eigenvalue weighted by Gasteiger charge is 2.28. The number of hydrogen-bond donors (Lipinski definition) is 1. The lowest BCUT2D eigenvalue weighted by Crippen LogP contribution is -2.36. The lowest BCUT2D eigenvalue weighted by atomic mass is 9.97. The molecule has 1 rings (SSSR count). The molecule has 11 heavy (non-hydrogen) atoms. The lowest BCUT2D eigenvalue weighted by molar-refractivity contribution is -0.0705. The number of ether oxygens (including phenoxy) is 1. The van der Waals surface area contributed by atoms with Crippen LogP contribution < -0.4 is 0 Å². The summed E-state index contributed by atoms with van der Waals surface area (Å²) in [7, 11) is 0. The smallest absolute Gasteiger partial charge is 0.289 e. The van der Waals surface area contributed by atoms with E-state index in [1.54, 1.807) is 0 Å². The first-order valence-corrected chi connectivity index (χ1v) is 3.90. The summed E-state index contributed by atoms with van der Waals surface area (Å²) in [6.07, 6.45) is 0.420. The van der Waals surface area contributed by atoms with Crippen LogP contribution in [0.1, 0.15) is 13.3 Å². The molecule has 62 valence electrons. The molecule has 3 nitrogen and oxygen atoms in total. The quantitative estimate of drug-likeness (QED) is 0.607. The number of aliphatic hydroxyl groups is 1. The summed E-state index contributed by atoms with van der Waals surface area (Å²) in [4.78, 5) is 3.48. The van der Waals surface area contributed by atoms with E-state index >= 15 is 0 Å². The van der Waals surface area contributed by atoms with Crippen LogP contribution in [0.3, 0.4) is 0 Å². The molecule has 1 heterocycles. The van der Waals surface area contributed by atoms with Gasteiger partial charge in [-0.2, -0.15) is 0 Å². The van der Waals surface area contributed by atoms with E-state index in [1.165, 1.54) is 0 Å². The number of hydrogen-bond acceptors (Lipinski definition) is 2. The molecule has 0 bridgehead atoms. The number of rotatable bonds is 1. The summed E-state index contributed by atoms with van der Waals surface area (Å²) in [6, 6.07) is 0. The van der Waals surface area contributed by atoms with Crippen molar-refractivity contribution in [2.24, 2.45) is 5.92 Å². The van der Waals surface area contributed by atoms with Crippen molar-refractivity contribution in [1.29, 1.82) is 0 Å². The van der Waals surface area contributed by atoms with E-state index in [9.17, 15) is 5.11 Å². The zero-order chi connectivity index (χ0) is 8.27. The predicted octanol–water partition coefficient (Wildman–Crippen LogP) is 0.735. The molecule has 1 saturated heterocycles. The van der Waals surface area contributed by atoms with Gasteiger partial charge in [0.2, 0.25) is 0 Å². The Morgan fingerprint density at radius 2 is 2.45 bits per heavy atom. The molecule has 0 aromatic heterocycles. The highest BCUT2D eigenvalue weighted by Crippen LogP contribution is 2.18. The van der Waals surface area contributed by atoms with Gasteiger partial charge in [-0.3, -0.25) is 0 Å². The first-order valence-electron chi connectivity index (χ1n) is 3.90. The normalized spacial score (nSPS) is 38.1. The van der Waals surface area contributed by atoms with Crippen LogP contribution in [-0.2, 0) is 4.74 Å². The molecule has 0 radical (unpaired) electrons. The summed E-state index contributed by atoms with van der Waals surface area (Å²) < 4.78 is 5.37. The van der Waals surface area contributed by atoms with Crippen LogP contribution in [-0.4, -0.2) is 30.5 Å². The Hall–Kier alpha value is -0.590. The van der Waals surface area contributed by atoms with Crippen LogP contribution in [0.5, 0.6) is 0 Å². The molecule has 1 aliphatic rings. The Morgan fingerprint density at radius 3 is 3.00 bits per heavy atom. The van der Waals surface area contributed by atoms with Gasteiger partial charge in [-0.15, -0.1) is 0 Å². The van der Waals surface area contributed by atoms with Gasteiger partial charge in [-0.05, 0) is 0 Å². The van der Waals surface area contributed by atoms with Gasteiger partial charge in [0.15, 0.2) is 0 Å². The van der Waals surface area contributed by atoms with E-state index in [2.05, 4.69) is 4.85 Å². The maximum absolute atomic E-state index is 9.41. The van der Waals surface area contributed by atoms with Crippen LogP contribution >= 0.6 is 0 Å². The molecular weight excluding hydrogens is 142 g/mol. The van der Waals surface area contributed by atoms with E-state index in [4.69, 9.17) is 11.3 Å². The molecule has 0 spiro atoms. The van der Waals surface area contributed by atoms with Crippen LogP contribution in [0.15, 0.2) is 0 Å². The molecule has 0 aromatic carbocycles. The van der Waals surface area contributed by atoms with Gasteiger partial charge < -0.3 is 9.84 Å². The van der Waals surface area contributed by atoms with Crippen molar-refractivity contribution in [2.75, 3.05) is 13.2 Å². The molecule has 1 N–H and O–H groups in total. The third-order valence-electron chi connectivity index (χ3n) is 2.07. The van der Waals surface area contributed by atoms with Gasteiger partial charge in [-0.25, -0.2) is 0 Å². The minimum atomic E-state index is -0.254. The molecule has 1 aliphatic heterocycles. The average molecular weight is 156 g/mol. The average Bonchev–Trinajstić information content (AvgIpc) is 1.98. The fourth-order valence-corrected chi connectivity index (χ4v) is 1.21. The van der Waals surface area contributed by atoms with Crippen LogP contribution in [0, 0.1) is 12.5 Å². The molecular formula is C8H14NO2+. The van der Waals surface area contributed by atoms with Crippen molar-refractivity contribution in [3.63, 3.8) is 0 Å². The molecule has 0 aliphatic carbocycles. The van der Waals surface area contributed by atoms with Gasteiger partial charge in [0.25, 0.3) is 13.1 Å². The standard InChI is InChI=1S/C8H14NO2/c1-6-5-11-7(4-9-2)3-8(6)10/h2,6-8,10H,3-5H2,1H3/q+1. The maximum Gasteiger partial charge on any atom is 0.289 e. The van der Waals surface area contributed by atoms with E-state index < -0.39 is 0 Å². The zero-order valence-electron chi connectivity index (χ0n) is 6.73. The van der Waals surface area contributed by atoms with Gasteiger partial charge >= 0.3 is 0 Å². The van der Waals surface area contributed by atoms with Crippen LogP contribution in [0.4, 0.5) is 0 Å². The summed E-state index contributed by atoms with van der Waals surface area (Å²) in [5, 5.41) is 9.41. The fourth-order valence-electron chi connectivity index (χ4n) is 1.21. The first-order chi connectivity index (χ1) is 5.24. The minimum Gasteiger partial charge on any atom is -0.393 e. The van der Waals surface area contributed by atoms with E-state index in [1.807, 2.05) is 6.92 Å². The van der Waals surface area contributed by atoms with Gasteiger partial charge in [0.05, 0.1) is 12.7 Å². The largest absolute Gasteiger partial charge is 0.393 e. The second-order valence-corrected chi connectivity index (χ2v) is 3.10. The Balaban J connectivity index is 2.35. The van der Waals surface area contributed by atoms with Gasteiger partial charge in [0, 0.05) is 12.3 Å². The zero-order valence-corrected chi connectivity index (χ0v) is 6.73. The number of aliphatic hydroxyl groups excluding tert-OH is 1. The first kappa shape index (κ1) is 8.51. The Kier molecular flexibility index (Phi) is 2.86. The van der Waals surface area contributed by atoms with Crippen molar-refractivity contribution in [1.82, 2.24) is 0 Å². The fraction of sp³-hybridized carbons (Fsp3) is 0.875. The minimum absolute atomic E-state index is 0.0196. The van der Waals surface area contributed by atoms with Crippen LogP contribution in [0.25, 0.3) is 4.85 Å². The SMILES string of the molecule is C#[N+]CC1CC(O)C(C)CO1. The summed E-state index contributed by atoms with van der Waals surface area (Å²) in [6.45, 7) is 8.08. The monoisotopic (exact) mass is 156 g/mol. The Labute approximate surface area is 66.8 Å². The summed E-state index contributed by atoms with van der Waals surface area (Å²) >= 11 is 0. The highest BCUT2D eigenvalue weighted by atomic mass is 16.5.